The summed E-state index contributed by atoms with van der Waals surface area (Å²) in [5.74, 6) is 0.719. The lowest BCUT2D eigenvalue weighted by molar-refractivity contribution is 0.860. The van der Waals surface area contributed by atoms with Crippen molar-refractivity contribution in [3.05, 3.63) is 169 Å². The van der Waals surface area contributed by atoms with Crippen LogP contribution in [-0.4, -0.2) is 26.3 Å². The van der Waals surface area contributed by atoms with E-state index in [1.165, 1.54) is 22.0 Å². The minimum atomic E-state index is 0.0991. The van der Waals surface area contributed by atoms with Crippen molar-refractivity contribution in [3.63, 3.8) is 0 Å². The van der Waals surface area contributed by atoms with Gasteiger partial charge in [0.2, 0.25) is 0 Å². The van der Waals surface area contributed by atoms with Gasteiger partial charge in [0.15, 0.2) is 5.82 Å². The zero-order valence-corrected chi connectivity index (χ0v) is 26.0. The highest BCUT2D eigenvalue weighted by molar-refractivity contribution is 6.24. The van der Waals surface area contributed by atoms with Crippen molar-refractivity contribution in [3.8, 4) is 17.1 Å². The zero-order chi connectivity index (χ0) is 31.6. The SMILES string of the molecule is c1ccc(C2CN(c3ccccc3)c3c2c2c(c4ccccc4n2-c2ccccc2)c2nc(-c4ccc5ccccc5c4)nnc32)cc1. The van der Waals surface area contributed by atoms with Crippen molar-refractivity contribution in [2.24, 2.45) is 0 Å². The summed E-state index contributed by atoms with van der Waals surface area (Å²) in [4.78, 5) is 7.85. The number of para-hydroxylation sites is 3. The first-order valence-corrected chi connectivity index (χ1v) is 16.4. The minimum absolute atomic E-state index is 0.0991. The van der Waals surface area contributed by atoms with Crippen LogP contribution in [0.4, 0.5) is 11.4 Å². The number of hydrogen-bond acceptors (Lipinski definition) is 4. The summed E-state index contributed by atoms with van der Waals surface area (Å²) in [6.45, 7) is 0.780. The van der Waals surface area contributed by atoms with Gasteiger partial charge < -0.3 is 9.47 Å². The smallest absolute Gasteiger partial charge is 0.182 e. The van der Waals surface area contributed by atoms with Crippen LogP contribution in [0.25, 0.3) is 60.7 Å². The van der Waals surface area contributed by atoms with Crippen molar-refractivity contribution < 1.29 is 0 Å². The first-order chi connectivity index (χ1) is 23.8. The van der Waals surface area contributed by atoms with Gasteiger partial charge in [-0.2, -0.15) is 0 Å². The van der Waals surface area contributed by atoms with E-state index in [2.05, 4.69) is 167 Å². The third-order valence-electron chi connectivity index (χ3n) is 9.81. The molecule has 1 aliphatic heterocycles. The number of aromatic nitrogens is 4. The van der Waals surface area contributed by atoms with Gasteiger partial charge in [-0.15, -0.1) is 10.2 Å². The fraction of sp³-hybridized carbons (Fsp3) is 0.0465. The zero-order valence-electron chi connectivity index (χ0n) is 26.0. The van der Waals surface area contributed by atoms with E-state index in [0.29, 0.717) is 5.82 Å². The van der Waals surface area contributed by atoms with Gasteiger partial charge in [0.25, 0.3) is 0 Å². The molecule has 7 aromatic carbocycles. The maximum atomic E-state index is 5.43. The van der Waals surface area contributed by atoms with E-state index in [-0.39, 0.29) is 5.92 Å². The standard InChI is InChI=1S/C43H29N5/c1-4-15-29(16-5-1)35-27-47(32-18-6-2-7-19-32)42-38(35)41-37(34-22-12-13-23-36(34)48(41)33-20-8-3-9-21-33)39-40(42)45-46-43(44-39)31-25-24-28-14-10-11-17-30(28)26-31/h1-26,35H,27H2. The first-order valence-electron chi connectivity index (χ1n) is 16.4. The molecule has 1 aliphatic rings. The van der Waals surface area contributed by atoms with Gasteiger partial charge in [0, 0.05) is 45.7 Å². The van der Waals surface area contributed by atoms with Crippen molar-refractivity contribution in [2.75, 3.05) is 11.4 Å². The van der Waals surface area contributed by atoms with Crippen LogP contribution in [0.2, 0.25) is 0 Å². The maximum absolute atomic E-state index is 5.43. The Morgan fingerprint density at radius 2 is 1.23 bits per heavy atom. The fourth-order valence-electron chi connectivity index (χ4n) is 7.70. The molecule has 0 radical (unpaired) electrons. The van der Waals surface area contributed by atoms with Crippen LogP contribution in [0.15, 0.2) is 158 Å². The molecule has 48 heavy (non-hydrogen) atoms. The van der Waals surface area contributed by atoms with Crippen LogP contribution in [0.3, 0.4) is 0 Å². The minimum Gasteiger partial charge on any atom is -0.338 e. The Bertz CT molecular complexity index is 2650. The summed E-state index contributed by atoms with van der Waals surface area (Å²) in [7, 11) is 0. The van der Waals surface area contributed by atoms with Gasteiger partial charge in [-0.1, -0.05) is 121 Å². The molecule has 10 rings (SSSR count). The molecule has 0 fully saturated rings. The average molecular weight is 616 g/mol. The molecular formula is C43H29N5. The van der Waals surface area contributed by atoms with Crippen molar-refractivity contribution in [1.29, 1.82) is 0 Å². The second-order valence-corrected chi connectivity index (χ2v) is 12.5. The van der Waals surface area contributed by atoms with Crippen LogP contribution in [-0.2, 0) is 0 Å². The van der Waals surface area contributed by atoms with Crippen molar-refractivity contribution >= 4 is 55.0 Å². The van der Waals surface area contributed by atoms with Gasteiger partial charge in [0.05, 0.1) is 16.7 Å². The molecular weight excluding hydrogens is 587 g/mol. The highest BCUT2D eigenvalue weighted by Crippen LogP contribution is 2.53. The van der Waals surface area contributed by atoms with Crippen LogP contribution < -0.4 is 4.90 Å². The third-order valence-corrected chi connectivity index (χ3v) is 9.81. The fourth-order valence-corrected chi connectivity index (χ4v) is 7.70. The number of nitrogens with zero attached hydrogens (tertiary/aromatic N) is 5. The molecule has 2 aromatic heterocycles. The average Bonchev–Trinajstić information content (AvgIpc) is 3.73. The van der Waals surface area contributed by atoms with E-state index in [1.807, 2.05) is 0 Å². The summed E-state index contributed by atoms with van der Waals surface area (Å²) < 4.78 is 2.44. The largest absolute Gasteiger partial charge is 0.338 e. The highest BCUT2D eigenvalue weighted by atomic mass is 15.2. The monoisotopic (exact) mass is 615 g/mol. The van der Waals surface area contributed by atoms with E-state index < -0.39 is 0 Å². The van der Waals surface area contributed by atoms with Crippen LogP contribution in [0.5, 0.6) is 0 Å². The number of benzene rings is 7. The van der Waals surface area contributed by atoms with E-state index in [0.717, 1.165) is 61.9 Å². The molecule has 1 unspecified atom stereocenters. The molecule has 0 saturated carbocycles. The third kappa shape index (κ3) is 4.01. The molecule has 5 nitrogen and oxygen atoms in total. The van der Waals surface area contributed by atoms with Gasteiger partial charge in [-0.3, -0.25) is 0 Å². The molecule has 3 heterocycles. The Labute approximate surface area is 277 Å². The Morgan fingerprint density at radius 3 is 2.02 bits per heavy atom. The van der Waals surface area contributed by atoms with Gasteiger partial charge in [-0.25, -0.2) is 4.98 Å². The molecule has 1 atom stereocenters. The van der Waals surface area contributed by atoms with Gasteiger partial charge in [0.1, 0.15) is 11.0 Å². The molecule has 0 aliphatic carbocycles. The van der Waals surface area contributed by atoms with E-state index in [4.69, 9.17) is 15.2 Å². The molecule has 0 N–H and O–H groups in total. The predicted molar refractivity (Wildman–Crippen MR) is 196 cm³/mol. The van der Waals surface area contributed by atoms with Crippen molar-refractivity contribution in [2.45, 2.75) is 5.92 Å². The summed E-state index contributed by atoms with van der Waals surface area (Å²) in [6.07, 6.45) is 0. The van der Waals surface area contributed by atoms with Gasteiger partial charge >= 0.3 is 0 Å². The van der Waals surface area contributed by atoms with E-state index in [1.54, 1.807) is 0 Å². The molecule has 9 aromatic rings. The first kappa shape index (κ1) is 26.8. The lowest BCUT2D eigenvalue weighted by Crippen LogP contribution is -2.16. The second-order valence-electron chi connectivity index (χ2n) is 12.5. The van der Waals surface area contributed by atoms with Gasteiger partial charge in [-0.05, 0) is 52.7 Å². The topological polar surface area (TPSA) is 46.8 Å². The summed E-state index contributed by atoms with van der Waals surface area (Å²) in [5.41, 5.74) is 10.8. The lowest BCUT2D eigenvalue weighted by atomic mass is 9.90. The van der Waals surface area contributed by atoms with Crippen LogP contribution in [0.1, 0.15) is 17.0 Å². The molecule has 226 valence electrons. The number of fused-ring (bicyclic) bond motifs is 9. The maximum Gasteiger partial charge on any atom is 0.182 e. The molecule has 0 bridgehead atoms. The summed E-state index contributed by atoms with van der Waals surface area (Å²) in [6, 6.07) is 55.7. The van der Waals surface area contributed by atoms with Crippen molar-refractivity contribution in [1.82, 2.24) is 19.7 Å². The molecule has 0 spiro atoms. The molecule has 0 amide bonds. The Hall–Kier alpha value is -6.33. The number of rotatable bonds is 4. The molecule has 0 saturated heterocycles. The number of hydrogen-bond donors (Lipinski definition) is 0. The predicted octanol–water partition coefficient (Wildman–Crippen LogP) is 10.2. The second kappa shape index (κ2) is 10.6. The van der Waals surface area contributed by atoms with E-state index in [9.17, 15) is 0 Å². The Balaban J connectivity index is 1.38. The summed E-state index contributed by atoms with van der Waals surface area (Å²) >= 11 is 0. The summed E-state index contributed by atoms with van der Waals surface area (Å²) in [5, 5.41) is 14.5. The van der Waals surface area contributed by atoms with Crippen LogP contribution >= 0.6 is 0 Å². The molecule has 5 heteroatoms. The quantitative estimate of drug-likeness (QED) is 0.198. The van der Waals surface area contributed by atoms with E-state index >= 15 is 0 Å². The lowest BCUT2D eigenvalue weighted by Gasteiger charge is -2.21. The highest BCUT2D eigenvalue weighted by Gasteiger charge is 2.38. The number of anilines is 2. The Morgan fingerprint density at radius 1 is 0.562 bits per heavy atom. The van der Waals surface area contributed by atoms with Crippen LogP contribution in [0, 0.1) is 0 Å². The Kier molecular flexibility index (Phi) is 5.93. The normalized spacial score (nSPS) is 14.3.